The number of rotatable bonds is 5. The molecule has 92 valence electrons. The van der Waals surface area contributed by atoms with Crippen LogP contribution in [0.25, 0.3) is 0 Å². The lowest BCUT2D eigenvalue weighted by Gasteiger charge is -2.26. The van der Waals surface area contributed by atoms with Gasteiger partial charge in [0.1, 0.15) is 0 Å². The van der Waals surface area contributed by atoms with Crippen LogP contribution in [0.3, 0.4) is 0 Å². The molecule has 0 aliphatic carbocycles. The van der Waals surface area contributed by atoms with Crippen LogP contribution in [0.2, 0.25) is 5.02 Å². The number of nitriles is 1. The molecule has 0 bridgehead atoms. The van der Waals surface area contributed by atoms with Gasteiger partial charge in [-0.3, -0.25) is 4.90 Å². The Morgan fingerprint density at radius 2 is 2.00 bits per heavy atom. The molecule has 3 heteroatoms. The molecule has 0 aromatic heterocycles. The van der Waals surface area contributed by atoms with Crippen molar-refractivity contribution in [2.45, 2.75) is 39.3 Å². The molecule has 0 unspecified atom stereocenters. The highest BCUT2D eigenvalue weighted by Crippen LogP contribution is 2.20. The summed E-state index contributed by atoms with van der Waals surface area (Å²) in [5, 5.41) is 9.46. The largest absolute Gasteiger partial charge is 0.299 e. The normalized spacial score (nSPS) is 10.9. The summed E-state index contributed by atoms with van der Waals surface area (Å²) in [4.78, 5) is 2.31. The Morgan fingerprint density at radius 1 is 1.35 bits per heavy atom. The topological polar surface area (TPSA) is 27.0 Å². The molecule has 0 atom stereocenters. The monoisotopic (exact) mass is 250 g/mol. The Morgan fingerprint density at radius 3 is 2.47 bits per heavy atom. The van der Waals surface area contributed by atoms with Crippen molar-refractivity contribution in [3.05, 3.63) is 34.3 Å². The van der Waals surface area contributed by atoms with Crippen LogP contribution in [0.5, 0.6) is 0 Å². The van der Waals surface area contributed by atoms with Crippen LogP contribution in [0, 0.1) is 11.3 Å². The molecule has 0 N–H and O–H groups in total. The van der Waals surface area contributed by atoms with E-state index in [1.165, 1.54) is 0 Å². The van der Waals surface area contributed by atoms with Gasteiger partial charge >= 0.3 is 0 Å². The fourth-order valence-corrected chi connectivity index (χ4v) is 2.30. The van der Waals surface area contributed by atoms with Gasteiger partial charge in [0, 0.05) is 17.6 Å². The quantitative estimate of drug-likeness (QED) is 0.794. The van der Waals surface area contributed by atoms with Crippen LogP contribution < -0.4 is 0 Å². The lowest BCUT2D eigenvalue weighted by atomic mass is 10.1. The highest BCUT2D eigenvalue weighted by molar-refractivity contribution is 6.31. The molecule has 0 radical (unpaired) electrons. The van der Waals surface area contributed by atoms with Gasteiger partial charge in [0.2, 0.25) is 0 Å². The van der Waals surface area contributed by atoms with E-state index >= 15 is 0 Å². The minimum atomic E-state index is 0.585. The van der Waals surface area contributed by atoms with Gasteiger partial charge in [0.15, 0.2) is 0 Å². The van der Waals surface area contributed by atoms with E-state index < -0.39 is 0 Å². The molecule has 1 aromatic rings. The second kappa shape index (κ2) is 6.64. The number of benzene rings is 1. The van der Waals surface area contributed by atoms with Crippen LogP contribution in [0.1, 0.15) is 37.8 Å². The Kier molecular flexibility index (Phi) is 5.47. The molecule has 1 rings (SSSR count). The molecule has 0 heterocycles. The molecule has 0 fully saturated rings. The first-order valence-corrected chi connectivity index (χ1v) is 6.38. The molecule has 0 aliphatic heterocycles. The summed E-state index contributed by atoms with van der Waals surface area (Å²) in [7, 11) is 2.12. The van der Waals surface area contributed by atoms with Crippen molar-refractivity contribution in [3.8, 4) is 6.07 Å². The highest BCUT2D eigenvalue weighted by Gasteiger charge is 2.12. The van der Waals surface area contributed by atoms with E-state index in [0.29, 0.717) is 16.6 Å². The molecular formula is C14H19ClN2. The van der Waals surface area contributed by atoms with Gasteiger partial charge < -0.3 is 0 Å². The molecule has 1 aromatic carbocycles. The van der Waals surface area contributed by atoms with Gasteiger partial charge in [-0.2, -0.15) is 5.26 Å². The summed E-state index contributed by atoms with van der Waals surface area (Å²) in [5.41, 5.74) is 1.70. The first-order valence-electron chi connectivity index (χ1n) is 6.01. The van der Waals surface area contributed by atoms with Crippen LogP contribution in [0.15, 0.2) is 18.2 Å². The van der Waals surface area contributed by atoms with E-state index in [1.807, 2.05) is 12.1 Å². The standard InChI is InChI=1S/C14H19ClN2/c1-4-13(5-2)17(3)10-12-7-6-11(9-16)8-14(12)15/h6-8,13H,4-5,10H2,1-3H3. The Labute approximate surface area is 109 Å². The van der Waals surface area contributed by atoms with Gasteiger partial charge in [0.25, 0.3) is 0 Å². The number of hydrogen-bond donors (Lipinski definition) is 0. The fourth-order valence-electron chi connectivity index (χ4n) is 2.05. The average molecular weight is 251 g/mol. The zero-order valence-corrected chi connectivity index (χ0v) is 11.5. The fraction of sp³-hybridized carbons (Fsp3) is 0.500. The van der Waals surface area contributed by atoms with E-state index in [0.717, 1.165) is 24.9 Å². The van der Waals surface area contributed by atoms with Crippen molar-refractivity contribution in [2.75, 3.05) is 7.05 Å². The summed E-state index contributed by atoms with van der Waals surface area (Å²) in [6, 6.07) is 8.18. The molecule has 0 amide bonds. The minimum absolute atomic E-state index is 0.585. The zero-order valence-electron chi connectivity index (χ0n) is 10.7. The van der Waals surface area contributed by atoms with E-state index in [9.17, 15) is 0 Å². The Hall–Kier alpha value is -1.04. The Balaban J connectivity index is 2.78. The van der Waals surface area contributed by atoms with Crippen molar-refractivity contribution >= 4 is 11.6 Å². The predicted octanol–water partition coefficient (Wildman–Crippen LogP) is 3.83. The number of halogens is 1. The summed E-state index contributed by atoms with van der Waals surface area (Å²) in [6.45, 7) is 5.23. The highest BCUT2D eigenvalue weighted by atomic mass is 35.5. The molecule has 2 nitrogen and oxygen atoms in total. The molecule has 0 saturated carbocycles. The predicted molar refractivity (Wildman–Crippen MR) is 72.0 cm³/mol. The lowest BCUT2D eigenvalue weighted by molar-refractivity contribution is 0.222. The van der Waals surface area contributed by atoms with E-state index in [4.69, 9.17) is 16.9 Å². The Bertz CT molecular complexity index is 405. The number of nitrogens with zero attached hydrogens (tertiary/aromatic N) is 2. The van der Waals surface area contributed by atoms with Crippen LogP contribution in [0.4, 0.5) is 0 Å². The molecule has 17 heavy (non-hydrogen) atoms. The summed E-state index contributed by atoms with van der Waals surface area (Å²) in [6.07, 6.45) is 2.28. The third-order valence-electron chi connectivity index (χ3n) is 3.17. The number of hydrogen-bond acceptors (Lipinski definition) is 2. The first-order chi connectivity index (χ1) is 8.12. The zero-order chi connectivity index (χ0) is 12.8. The van der Waals surface area contributed by atoms with Gasteiger partial charge in [-0.05, 0) is 37.6 Å². The first kappa shape index (κ1) is 14.0. The van der Waals surface area contributed by atoms with Gasteiger partial charge in [-0.1, -0.05) is 31.5 Å². The van der Waals surface area contributed by atoms with Crippen LogP contribution in [-0.2, 0) is 6.54 Å². The maximum atomic E-state index is 8.78. The van der Waals surface area contributed by atoms with E-state index in [-0.39, 0.29) is 0 Å². The molecule has 0 saturated heterocycles. The van der Waals surface area contributed by atoms with Crippen molar-refractivity contribution in [3.63, 3.8) is 0 Å². The van der Waals surface area contributed by atoms with Gasteiger partial charge in [-0.25, -0.2) is 0 Å². The van der Waals surface area contributed by atoms with Crippen molar-refractivity contribution in [1.82, 2.24) is 4.90 Å². The molecule has 0 spiro atoms. The van der Waals surface area contributed by atoms with Gasteiger partial charge in [0.05, 0.1) is 11.6 Å². The average Bonchev–Trinajstić information content (AvgIpc) is 2.33. The second-order valence-electron chi connectivity index (χ2n) is 4.30. The maximum Gasteiger partial charge on any atom is 0.0992 e. The van der Waals surface area contributed by atoms with Crippen molar-refractivity contribution in [1.29, 1.82) is 5.26 Å². The summed E-state index contributed by atoms with van der Waals surface area (Å²) >= 11 is 6.17. The minimum Gasteiger partial charge on any atom is -0.299 e. The molecule has 0 aliphatic rings. The van der Waals surface area contributed by atoms with Crippen molar-refractivity contribution in [2.24, 2.45) is 0 Å². The SMILES string of the molecule is CCC(CC)N(C)Cc1ccc(C#N)cc1Cl. The smallest absolute Gasteiger partial charge is 0.0992 e. The van der Waals surface area contributed by atoms with Gasteiger partial charge in [-0.15, -0.1) is 0 Å². The van der Waals surface area contributed by atoms with E-state index in [2.05, 4.69) is 31.9 Å². The third-order valence-corrected chi connectivity index (χ3v) is 3.52. The molecular weight excluding hydrogens is 232 g/mol. The lowest BCUT2D eigenvalue weighted by Crippen LogP contribution is -2.30. The third kappa shape index (κ3) is 3.73. The van der Waals surface area contributed by atoms with E-state index in [1.54, 1.807) is 6.07 Å². The summed E-state index contributed by atoms with van der Waals surface area (Å²) < 4.78 is 0. The second-order valence-corrected chi connectivity index (χ2v) is 4.71. The van der Waals surface area contributed by atoms with Crippen molar-refractivity contribution < 1.29 is 0 Å². The summed E-state index contributed by atoms with van der Waals surface area (Å²) in [5.74, 6) is 0. The van der Waals surface area contributed by atoms with Crippen LogP contribution >= 0.6 is 11.6 Å². The maximum absolute atomic E-state index is 8.78. The van der Waals surface area contributed by atoms with Crippen LogP contribution in [-0.4, -0.2) is 18.0 Å².